The molecule has 0 aliphatic rings. The van der Waals surface area contributed by atoms with Crippen LogP contribution in [0.5, 0.6) is 5.75 Å². The van der Waals surface area contributed by atoms with Gasteiger partial charge in [-0.2, -0.15) is 5.10 Å². The van der Waals surface area contributed by atoms with Gasteiger partial charge < -0.3 is 10.1 Å². The average molecular weight is 322 g/mol. The van der Waals surface area contributed by atoms with Crippen LogP contribution < -0.4 is 10.1 Å². The van der Waals surface area contributed by atoms with E-state index in [1.807, 2.05) is 43.3 Å². The van der Waals surface area contributed by atoms with Crippen LogP contribution in [0.1, 0.15) is 21.6 Å². The van der Waals surface area contributed by atoms with E-state index >= 15 is 0 Å². The highest BCUT2D eigenvalue weighted by Gasteiger charge is 2.13. The van der Waals surface area contributed by atoms with Crippen molar-refractivity contribution in [2.45, 2.75) is 13.5 Å². The molecule has 0 fully saturated rings. The Kier molecular flexibility index (Phi) is 4.56. The van der Waals surface area contributed by atoms with Gasteiger partial charge in [-0.1, -0.05) is 30.3 Å². The molecular formula is C18H18N4O2. The monoisotopic (exact) mass is 322 g/mol. The van der Waals surface area contributed by atoms with Gasteiger partial charge >= 0.3 is 0 Å². The molecule has 0 saturated carbocycles. The van der Waals surface area contributed by atoms with Crippen molar-refractivity contribution in [2.24, 2.45) is 0 Å². The molecule has 1 aromatic carbocycles. The van der Waals surface area contributed by atoms with Crippen molar-refractivity contribution in [2.75, 3.05) is 12.4 Å². The van der Waals surface area contributed by atoms with Crippen molar-refractivity contribution in [3.05, 3.63) is 71.7 Å². The molecule has 122 valence electrons. The number of hydrogen-bond donors (Lipinski definition) is 1. The zero-order chi connectivity index (χ0) is 16.9. The van der Waals surface area contributed by atoms with Gasteiger partial charge in [0.1, 0.15) is 0 Å². The number of carbonyl (C=O) groups is 1. The second kappa shape index (κ2) is 6.95. The number of hydrogen-bond acceptors (Lipinski definition) is 4. The maximum atomic E-state index is 12.4. The molecule has 6 heteroatoms. The van der Waals surface area contributed by atoms with Crippen LogP contribution in [0.4, 0.5) is 5.82 Å². The lowest BCUT2D eigenvalue weighted by molar-refractivity contribution is 0.102. The minimum Gasteiger partial charge on any atom is -0.493 e. The normalized spacial score (nSPS) is 10.4. The number of ether oxygens (including phenoxy) is 1. The molecule has 3 aromatic rings. The minimum absolute atomic E-state index is 0.272. The lowest BCUT2D eigenvalue weighted by Gasteiger charge is -2.09. The average Bonchev–Trinajstić information content (AvgIpc) is 3.05. The number of pyridine rings is 1. The number of rotatable bonds is 5. The van der Waals surface area contributed by atoms with Crippen molar-refractivity contribution < 1.29 is 9.53 Å². The fourth-order valence-corrected chi connectivity index (χ4v) is 2.32. The summed E-state index contributed by atoms with van der Waals surface area (Å²) < 4.78 is 6.95. The predicted octanol–water partition coefficient (Wildman–Crippen LogP) is 2.90. The third-order valence-corrected chi connectivity index (χ3v) is 3.53. The van der Waals surface area contributed by atoms with Crippen molar-refractivity contribution >= 4 is 11.7 Å². The van der Waals surface area contributed by atoms with Gasteiger partial charge in [0.05, 0.1) is 25.4 Å². The molecular weight excluding hydrogens is 304 g/mol. The molecule has 0 atom stereocenters. The van der Waals surface area contributed by atoms with Crippen LogP contribution in [-0.2, 0) is 6.54 Å². The van der Waals surface area contributed by atoms with E-state index < -0.39 is 0 Å². The summed E-state index contributed by atoms with van der Waals surface area (Å²) in [5.41, 5.74) is 2.39. The third-order valence-electron chi connectivity index (χ3n) is 3.53. The number of benzene rings is 1. The molecule has 0 aliphatic carbocycles. The van der Waals surface area contributed by atoms with Gasteiger partial charge in [-0.15, -0.1) is 0 Å². The summed E-state index contributed by atoms with van der Waals surface area (Å²) in [5, 5.41) is 7.01. The number of aryl methyl sites for hydroxylation is 1. The van der Waals surface area contributed by atoms with Crippen LogP contribution in [0, 0.1) is 6.92 Å². The second-order valence-electron chi connectivity index (χ2n) is 5.37. The Labute approximate surface area is 140 Å². The second-order valence-corrected chi connectivity index (χ2v) is 5.37. The number of amides is 1. The zero-order valence-electron chi connectivity index (χ0n) is 13.6. The molecule has 6 nitrogen and oxygen atoms in total. The lowest BCUT2D eigenvalue weighted by Crippen LogP contribution is -2.13. The van der Waals surface area contributed by atoms with Crippen molar-refractivity contribution in [3.8, 4) is 5.75 Å². The molecule has 2 aromatic heterocycles. The first-order valence-electron chi connectivity index (χ1n) is 7.55. The topological polar surface area (TPSA) is 69.0 Å². The first-order valence-corrected chi connectivity index (χ1v) is 7.55. The van der Waals surface area contributed by atoms with E-state index in [1.165, 1.54) is 0 Å². The van der Waals surface area contributed by atoms with Crippen molar-refractivity contribution in [3.63, 3.8) is 0 Å². The SMILES string of the molecule is COc1ccc(C)nc1NC(=O)c1cnn(Cc2ccccc2)c1. The lowest BCUT2D eigenvalue weighted by atomic mass is 10.2. The van der Waals surface area contributed by atoms with Crippen molar-refractivity contribution in [1.29, 1.82) is 0 Å². The standard InChI is InChI=1S/C18H18N4O2/c1-13-8-9-16(24-2)17(20-13)21-18(23)15-10-19-22(12-15)11-14-6-4-3-5-7-14/h3-10,12H,11H2,1-2H3,(H,20,21,23). The van der Waals surface area contributed by atoms with Gasteiger partial charge in [0.25, 0.3) is 5.91 Å². The van der Waals surface area contributed by atoms with E-state index in [9.17, 15) is 4.79 Å². The Bertz CT molecular complexity index is 843. The van der Waals surface area contributed by atoms with Gasteiger partial charge in [0.2, 0.25) is 0 Å². The fraction of sp³-hybridized carbons (Fsp3) is 0.167. The smallest absolute Gasteiger partial charge is 0.260 e. The van der Waals surface area contributed by atoms with E-state index in [1.54, 1.807) is 30.3 Å². The number of methoxy groups -OCH3 is 1. The number of anilines is 1. The highest BCUT2D eigenvalue weighted by atomic mass is 16.5. The predicted molar refractivity (Wildman–Crippen MR) is 91.3 cm³/mol. The van der Waals surface area contributed by atoms with E-state index in [0.717, 1.165) is 11.3 Å². The summed E-state index contributed by atoms with van der Waals surface area (Å²) in [7, 11) is 1.54. The molecule has 1 amide bonds. The summed E-state index contributed by atoms with van der Waals surface area (Å²) >= 11 is 0. The molecule has 0 unspecified atom stereocenters. The van der Waals surface area contributed by atoms with E-state index in [-0.39, 0.29) is 5.91 Å². The van der Waals surface area contributed by atoms with Crippen LogP contribution >= 0.6 is 0 Å². The maximum absolute atomic E-state index is 12.4. The van der Waals surface area contributed by atoms with Gasteiger partial charge in [-0.25, -0.2) is 4.98 Å². The highest BCUT2D eigenvalue weighted by Crippen LogP contribution is 2.22. The number of carbonyl (C=O) groups excluding carboxylic acids is 1. The third kappa shape index (κ3) is 3.60. The number of nitrogens with zero attached hydrogens (tertiary/aromatic N) is 3. The van der Waals surface area contributed by atoms with Crippen LogP contribution in [0.25, 0.3) is 0 Å². The van der Waals surface area contributed by atoms with E-state index in [4.69, 9.17) is 4.74 Å². The molecule has 0 bridgehead atoms. The number of aromatic nitrogens is 3. The molecule has 2 heterocycles. The van der Waals surface area contributed by atoms with Gasteiger partial charge in [-0.05, 0) is 24.6 Å². The molecule has 0 radical (unpaired) electrons. The van der Waals surface area contributed by atoms with Crippen LogP contribution in [-0.4, -0.2) is 27.8 Å². The van der Waals surface area contributed by atoms with Crippen LogP contribution in [0.15, 0.2) is 54.9 Å². The number of nitrogens with one attached hydrogen (secondary N) is 1. The maximum Gasteiger partial charge on any atom is 0.260 e. The Morgan fingerprint density at radius 2 is 2.00 bits per heavy atom. The largest absolute Gasteiger partial charge is 0.493 e. The molecule has 1 N–H and O–H groups in total. The summed E-state index contributed by atoms with van der Waals surface area (Å²) in [5.74, 6) is 0.648. The summed E-state index contributed by atoms with van der Waals surface area (Å²) in [6.45, 7) is 2.47. The summed E-state index contributed by atoms with van der Waals surface area (Å²) in [6.07, 6.45) is 3.26. The molecule has 24 heavy (non-hydrogen) atoms. The van der Waals surface area contributed by atoms with Crippen LogP contribution in [0.3, 0.4) is 0 Å². The van der Waals surface area contributed by atoms with Crippen LogP contribution in [0.2, 0.25) is 0 Å². The first-order chi connectivity index (χ1) is 11.7. The molecule has 0 aliphatic heterocycles. The van der Waals surface area contributed by atoms with E-state index in [0.29, 0.717) is 23.7 Å². The zero-order valence-corrected chi connectivity index (χ0v) is 13.6. The van der Waals surface area contributed by atoms with Gasteiger partial charge in [0, 0.05) is 11.9 Å². The minimum atomic E-state index is -0.272. The quantitative estimate of drug-likeness (QED) is 0.784. The molecule has 0 spiro atoms. The molecule has 3 rings (SSSR count). The Hall–Kier alpha value is -3.15. The van der Waals surface area contributed by atoms with E-state index in [2.05, 4.69) is 15.4 Å². The highest BCUT2D eigenvalue weighted by molar-refractivity contribution is 6.04. The summed E-state index contributed by atoms with van der Waals surface area (Å²) in [6, 6.07) is 13.5. The Morgan fingerprint density at radius 1 is 1.21 bits per heavy atom. The summed E-state index contributed by atoms with van der Waals surface area (Å²) in [4.78, 5) is 16.7. The van der Waals surface area contributed by atoms with Gasteiger partial charge in [0.15, 0.2) is 11.6 Å². The fourth-order valence-electron chi connectivity index (χ4n) is 2.32. The van der Waals surface area contributed by atoms with Gasteiger partial charge in [-0.3, -0.25) is 9.48 Å². The first kappa shape index (κ1) is 15.7. The Balaban J connectivity index is 1.73. The van der Waals surface area contributed by atoms with Crippen molar-refractivity contribution in [1.82, 2.24) is 14.8 Å². The molecule has 0 saturated heterocycles. The Morgan fingerprint density at radius 3 is 2.75 bits per heavy atom.